The Bertz CT molecular complexity index is 867. The second-order valence-electron chi connectivity index (χ2n) is 6.54. The van der Waals surface area contributed by atoms with Gasteiger partial charge in [0.25, 0.3) is 0 Å². The zero-order chi connectivity index (χ0) is 18.0. The molecule has 0 bridgehead atoms. The Balaban J connectivity index is 1.57. The van der Waals surface area contributed by atoms with Gasteiger partial charge < -0.3 is 4.90 Å². The molecular weight excluding hydrogens is 339 g/mol. The quantitative estimate of drug-likeness (QED) is 0.803. The van der Waals surface area contributed by atoms with Crippen LogP contribution in [0.2, 0.25) is 0 Å². The molecular formula is C19H23FN2O2S. The average molecular weight is 362 g/mol. The van der Waals surface area contributed by atoms with E-state index in [1.807, 2.05) is 12.1 Å². The fourth-order valence-corrected chi connectivity index (χ4v) is 4.45. The van der Waals surface area contributed by atoms with E-state index < -0.39 is 15.8 Å². The van der Waals surface area contributed by atoms with Crippen molar-refractivity contribution < 1.29 is 12.8 Å². The summed E-state index contributed by atoms with van der Waals surface area (Å²) >= 11 is 0. The highest BCUT2D eigenvalue weighted by atomic mass is 32.2. The van der Waals surface area contributed by atoms with Crippen LogP contribution in [0.25, 0.3) is 0 Å². The van der Waals surface area contributed by atoms with Crippen LogP contribution in [0.15, 0.2) is 47.4 Å². The number of nitrogens with zero attached hydrogens (tertiary/aromatic N) is 1. The Morgan fingerprint density at radius 1 is 1.24 bits per heavy atom. The van der Waals surface area contributed by atoms with Gasteiger partial charge in [0.05, 0.1) is 4.90 Å². The van der Waals surface area contributed by atoms with Crippen molar-refractivity contribution >= 4 is 15.7 Å². The molecule has 1 aliphatic rings. The van der Waals surface area contributed by atoms with Crippen LogP contribution in [0.3, 0.4) is 0 Å². The number of hydrogen-bond acceptors (Lipinski definition) is 3. The molecule has 1 heterocycles. The van der Waals surface area contributed by atoms with Crippen LogP contribution in [0.5, 0.6) is 0 Å². The number of rotatable bonds is 6. The van der Waals surface area contributed by atoms with Gasteiger partial charge in [-0.2, -0.15) is 0 Å². The first-order chi connectivity index (χ1) is 11.9. The minimum absolute atomic E-state index is 0.103. The number of aryl methyl sites for hydroxylation is 1. The van der Waals surface area contributed by atoms with Gasteiger partial charge in [-0.25, -0.2) is 17.5 Å². The van der Waals surface area contributed by atoms with E-state index in [0.717, 1.165) is 13.0 Å². The third-order valence-electron chi connectivity index (χ3n) is 4.66. The Kier molecular flexibility index (Phi) is 5.11. The summed E-state index contributed by atoms with van der Waals surface area (Å²) in [6.45, 7) is 4.89. The SMILES string of the molecule is Cc1cc(S(=O)(=O)NCCCN2c3ccccc3CC2C)ccc1F. The van der Waals surface area contributed by atoms with Crippen molar-refractivity contribution in [3.05, 3.63) is 59.4 Å². The topological polar surface area (TPSA) is 49.4 Å². The van der Waals surface area contributed by atoms with Crippen molar-refractivity contribution in [2.24, 2.45) is 0 Å². The minimum Gasteiger partial charge on any atom is -0.368 e. The van der Waals surface area contributed by atoms with E-state index >= 15 is 0 Å². The zero-order valence-corrected chi connectivity index (χ0v) is 15.3. The van der Waals surface area contributed by atoms with Gasteiger partial charge in [-0.3, -0.25) is 0 Å². The normalized spacial score (nSPS) is 16.9. The maximum Gasteiger partial charge on any atom is 0.240 e. The smallest absolute Gasteiger partial charge is 0.240 e. The average Bonchev–Trinajstić information content (AvgIpc) is 2.89. The summed E-state index contributed by atoms with van der Waals surface area (Å²) in [6, 6.07) is 12.6. The molecule has 134 valence electrons. The third kappa shape index (κ3) is 3.85. The highest BCUT2D eigenvalue weighted by Crippen LogP contribution is 2.31. The molecule has 0 aliphatic carbocycles. The molecule has 3 rings (SSSR count). The summed E-state index contributed by atoms with van der Waals surface area (Å²) in [7, 11) is -3.60. The fraction of sp³-hybridized carbons (Fsp3) is 0.368. The Labute approximate surface area is 148 Å². The van der Waals surface area contributed by atoms with E-state index in [1.165, 1.54) is 29.4 Å². The molecule has 1 N–H and O–H groups in total. The number of para-hydroxylation sites is 1. The lowest BCUT2D eigenvalue weighted by Gasteiger charge is -2.24. The van der Waals surface area contributed by atoms with Gasteiger partial charge in [-0.15, -0.1) is 0 Å². The van der Waals surface area contributed by atoms with Crippen LogP contribution in [0.1, 0.15) is 24.5 Å². The molecule has 2 aromatic carbocycles. The number of nitrogens with one attached hydrogen (secondary N) is 1. The summed E-state index contributed by atoms with van der Waals surface area (Å²) in [4.78, 5) is 2.43. The molecule has 2 aromatic rings. The summed E-state index contributed by atoms with van der Waals surface area (Å²) in [5.74, 6) is -0.402. The molecule has 0 fully saturated rings. The highest BCUT2D eigenvalue weighted by Gasteiger charge is 2.25. The van der Waals surface area contributed by atoms with E-state index in [4.69, 9.17) is 0 Å². The number of fused-ring (bicyclic) bond motifs is 1. The summed E-state index contributed by atoms with van der Waals surface area (Å²) in [5, 5.41) is 0. The molecule has 1 unspecified atom stereocenters. The molecule has 0 saturated carbocycles. The highest BCUT2D eigenvalue weighted by molar-refractivity contribution is 7.89. The van der Waals surface area contributed by atoms with Crippen LogP contribution in [-0.4, -0.2) is 27.5 Å². The maximum absolute atomic E-state index is 13.3. The van der Waals surface area contributed by atoms with Crippen LogP contribution in [0, 0.1) is 12.7 Å². The number of benzene rings is 2. The van der Waals surface area contributed by atoms with Gasteiger partial charge >= 0.3 is 0 Å². The molecule has 0 aromatic heterocycles. The molecule has 25 heavy (non-hydrogen) atoms. The minimum atomic E-state index is -3.60. The number of sulfonamides is 1. The van der Waals surface area contributed by atoms with E-state index in [1.54, 1.807) is 6.92 Å². The number of anilines is 1. The van der Waals surface area contributed by atoms with E-state index in [0.29, 0.717) is 24.6 Å². The first kappa shape index (κ1) is 17.9. The predicted molar refractivity (Wildman–Crippen MR) is 97.9 cm³/mol. The lowest BCUT2D eigenvalue weighted by Crippen LogP contribution is -2.33. The molecule has 0 radical (unpaired) electrons. The van der Waals surface area contributed by atoms with E-state index in [9.17, 15) is 12.8 Å². The largest absolute Gasteiger partial charge is 0.368 e. The molecule has 0 saturated heterocycles. The van der Waals surface area contributed by atoms with Crippen LogP contribution in [0.4, 0.5) is 10.1 Å². The second kappa shape index (κ2) is 7.14. The maximum atomic E-state index is 13.3. The monoisotopic (exact) mass is 362 g/mol. The molecule has 4 nitrogen and oxygen atoms in total. The summed E-state index contributed by atoms with van der Waals surface area (Å²) in [6.07, 6.45) is 1.73. The molecule has 0 spiro atoms. The van der Waals surface area contributed by atoms with Gasteiger partial charge in [0.2, 0.25) is 10.0 Å². The Hall–Kier alpha value is -1.92. The van der Waals surface area contributed by atoms with Crippen LogP contribution in [-0.2, 0) is 16.4 Å². The van der Waals surface area contributed by atoms with Crippen LogP contribution < -0.4 is 9.62 Å². The molecule has 0 amide bonds. The van der Waals surface area contributed by atoms with Crippen molar-refractivity contribution in [3.8, 4) is 0 Å². The fourth-order valence-electron chi connectivity index (χ4n) is 3.29. The number of halogens is 1. The van der Waals surface area contributed by atoms with Crippen molar-refractivity contribution in [1.82, 2.24) is 4.72 Å². The van der Waals surface area contributed by atoms with Crippen molar-refractivity contribution in [2.75, 3.05) is 18.0 Å². The first-order valence-electron chi connectivity index (χ1n) is 8.49. The molecule has 6 heteroatoms. The van der Waals surface area contributed by atoms with Gasteiger partial charge in [0.1, 0.15) is 5.82 Å². The molecule has 1 aliphatic heterocycles. The van der Waals surface area contributed by atoms with Crippen molar-refractivity contribution in [3.63, 3.8) is 0 Å². The van der Waals surface area contributed by atoms with E-state index in [2.05, 4.69) is 28.7 Å². The standard InChI is InChI=1S/C19H23FN2O2S/c1-14-12-17(8-9-18(14)20)25(23,24)21-10-5-11-22-15(2)13-16-6-3-4-7-19(16)22/h3-4,6-9,12,15,21H,5,10-11,13H2,1-2H3. The lowest BCUT2D eigenvalue weighted by atomic mass is 10.1. The predicted octanol–water partition coefficient (Wildman–Crippen LogP) is 3.25. The van der Waals surface area contributed by atoms with Crippen LogP contribution >= 0.6 is 0 Å². The van der Waals surface area contributed by atoms with Gasteiger partial charge in [-0.1, -0.05) is 18.2 Å². The van der Waals surface area contributed by atoms with Crippen molar-refractivity contribution in [2.45, 2.75) is 37.6 Å². The second-order valence-corrected chi connectivity index (χ2v) is 8.30. The lowest BCUT2D eigenvalue weighted by molar-refractivity contribution is 0.574. The van der Waals surface area contributed by atoms with Gasteiger partial charge in [0.15, 0.2) is 0 Å². The van der Waals surface area contributed by atoms with Gasteiger partial charge in [0, 0.05) is 24.8 Å². The first-order valence-corrected chi connectivity index (χ1v) is 9.97. The van der Waals surface area contributed by atoms with E-state index in [-0.39, 0.29) is 4.90 Å². The Morgan fingerprint density at radius 3 is 2.76 bits per heavy atom. The summed E-state index contributed by atoms with van der Waals surface area (Å²) < 4.78 is 40.5. The van der Waals surface area contributed by atoms with Crippen molar-refractivity contribution in [1.29, 1.82) is 0 Å². The summed E-state index contributed by atoms with van der Waals surface area (Å²) in [5.41, 5.74) is 2.91. The Morgan fingerprint density at radius 2 is 2.00 bits per heavy atom. The van der Waals surface area contributed by atoms with Gasteiger partial charge in [-0.05, 0) is 62.1 Å². The molecule has 1 atom stereocenters. The zero-order valence-electron chi connectivity index (χ0n) is 14.5. The third-order valence-corrected chi connectivity index (χ3v) is 6.11. The number of hydrogen-bond donors (Lipinski definition) is 1.